The van der Waals surface area contributed by atoms with Gasteiger partial charge in [-0.1, -0.05) is 0 Å². The highest BCUT2D eigenvalue weighted by molar-refractivity contribution is 9.10. The Morgan fingerprint density at radius 3 is 2.33 bits per heavy atom. The van der Waals surface area contributed by atoms with Gasteiger partial charge in [0.1, 0.15) is 0 Å². The summed E-state index contributed by atoms with van der Waals surface area (Å²) < 4.78 is 26.6. The fraction of sp³-hybridized carbons (Fsp3) is 0.286. The second-order valence-corrected chi connectivity index (χ2v) is 8.39. The fourth-order valence-electron chi connectivity index (χ4n) is 1.82. The maximum atomic E-state index is 11.5. The maximum Gasteiger partial charge on any atom is 0.232 e. The van der Waals surface area contributed by atoms with Crippen LogP contribution in [0.25, 0.3) is 0 Å². The predicted octanol–water partition coefficient (Wildman–Crippen LogP) is 4.45. The largest absolute Gasteiger partial charge is 0.378 e. The van der Waals surface area contributed by atoms with Gasteiger partial charge in [0.2, 0.25) is 10.0 Å². The van der Waals surface area contributed by atoms with Gasteiger partial charge in [-0.05, 0) is 65.5 Å². The number of thiophene rings is 1. The average molecular weight is 389 g/mol. The molecule has 1 heterocycles. The molecule has 2 aromatic rings. The normalized spacial score (nSPS) is 12.9. The molecule has 0 aliphatic heterocycles. The zero-order valence-corrected chi connectivity index (χ0v) is 15.0. The van der Waals surface area contributed by atoms with E-state index in [1.807, 2.05) is 23.6 Å². The number of benzene rings is 1. The van der Waals surface area contributed by atoms with Crippen molar-refractivity contribution in [1.29, 1.82) is 0 Å². The standard InChI is InChI=1S/C14H17BrN2O2S2/c1-3-21(18,19)17-12-6-4-11(5-7-12)16-10(2)14-13(15)8-9-20-14/h4-10,16-17H,3H2,1-2H3. The van der Waals surface area contributed by atoms with Crippen molar-refractivity contribution >= 4 is 48.7 Å². The van der Waals surface area contributed by atoms with Crippen LogP contribution < -0.4 is 10.0 Å². The number of rotatable bonds is 6. The second-order valence-electron chi connectivity index (χ2n) is 4.58. The molecule has 0 saturated heterocycles. The first-order valence-corrected chi connectivity index (χ1v) is 9.84. The van der Waals surface area contributed by atoms with Crippen LogP contribution >= 0.6 is 27.3 Å². The molecule has 1 atom stereocenters. The van der Waals surface area contributed by atoms with E-state index in [0.717, 1.165) is 10.2 Å². The topological polar surface area (TPSA) is 58.2 Å². The zero-order chi connectivity index (χ0) is 15.5. The summed E-state index contributed by atoms with van der Waals surface area (Å²) in [6.45, 7) is 3.70. The van der Waals surface area contributed by atoms with Crippen LogP contribution in [-0.4, -0.2) is 14.2 Å². The second kappa shape index (κ2) is 6.81. The van der Waals surface area contributed by atoms with Crippen molar-refractivity contribution in [2.75, 3.05) is 15.8 Å². The molecule has 1 aromatic carbocycles. The van der Waals surface area contributed by atoms with Crippen LogP contribution in [-0.2, 0) is 10.0 Å². The van der Waals surface area contributed by atoms with Gasteiger partial charge in [0.25, 0.3) is 0 Å². The van der Waals surface area contributed by atoms with E-state index in [2.05, 4.69) is 32.9 Å². The highest BCUT2D eigenvalue weighted by Gasteiger charge is 2.11. The van der Waals surface area contributed by atoms with Crippen molar-refractivity contribution in [2.45, 2.75) is 19.9 Å². The summed E-state index contributed by atoms with van der Waals surface area (Å²) in [7, 11) is -3.22. The first-order chi connectivity index (χ1) is 9.91. The number of hydrogen-bond donors (Lipinski definition) is 2. The minimum absolute atomic E-state index is 0.0659. The van der Waals surface area contributed by atoms with Crippen molar-refractivity contribution in [2.24, 2.45) is 0 Å². The number of hydrogen-bond acceptors (Lipinski definition) is 4. The lowest BCUT2D eigenvalue weighted by Crippen LogP contribution is -2.14. The Kier molecular flexibility index (Phi) is 5.29. The summed E-state index contributed by atoms with van der Waals surface area (Å²) in [6.07, 6.45) is 0. The van der Waals surface area contributed by atoms with E-state index in [0.29, 0.717) is 5.69 Å². The first kappa shape index (κ1) is 16.3. The van der Waals surface area contributed by atoms with Gasteiger partial charge in [-0.15, -0.1) is 11.3 Å². The van der Waals surface area contributed by atoms with E-state index in [4.69, 9.17) is 0 Å². The molecule has 4 nitrogen and oxygen atoms in total. The van der Waals surface area contributed by atoms with Gasteiger partial charge in [0, 0.05) is 20.7 Å². The molecule has 2 N–H and O–H groups in total. The minimum Gasteiger partial charge on any atom is -0.378 e. The quantitative estimate of drug-likeness (QED) is 0.768. The molecular formula is C14H17BrN2O2S2. The molecule has 114 valence electrons. The van der Waals surface area contributed by atoms with Crippen molar-refractivity contribution < 1.29 is 8.42 Å². The van der Waals surface area contributed by atoms with Gasteiger partial charge in [-0.3, -0.25) is 4.72 Å². The first-order valence-electron chi connectivity index (χ1n) is 6.51. The Labute approximate surface area is 137 Å². The predicted molar refractivity (Wildman–Crippen MR) is 93.6 cm³/mol. The van der Waals surface area contributed by atoms with E-state index in [1.54, 1.807) is 30.4 Å². The molecule has 1 aromatic heterocycles. The lowest BCUT2D eigenvalue weighted by Gasteiger charge is -2.15. The molecule has 2 rings (SSSR count). The molecule has 0 amide bonds. The maximum absolute atomic E-state index is 11.5. The molecule has 0 bridgehead atoms. The summed E-state index contributed by atoms with van der Waals surface area (Å²) in [5, 5.41) is 5.43. The Morgan fingerprint density at radius 1 is 1.19 bits per heavy atom. The molecule has 21 heavy (non-hydrogen) atoms. The van der Waals surface area contributed by atoms with Crippen LogP contribution in [0.1, 0.15) is 24.8 Å². The van der Waals surface area contributed by atoms with Gasteiger partial charge < -0.3 is 5.32 Å². The van der Waals surface area contributed by atoms with Gasteiger partial charge >= 0.3 is 0 Å². The summed E-state index contributed by atoms with van der Waals surface area (Å²) in [4.78, 5) is 1.23. The monoisotopic (exact) mass is 388 g/mol. The van der Waals surface area contributed by atoms with E-state index >= 15 is 0 Å². The summed E-state index contributed by atoms with van der Waals surface area (Å²) in [5.41, 5.74) is 1.52. The Bertz CT molecular complexity index is 696. The summed E-state index contributed by atoms with van der Waals surface area (Å²) >= 11 is 5.22. The number of halogens is 1. The van der Waals surface area contributed by atoms with E-state index in [-0.39, 0.29) is 11.8 Å². The van der Waals surface area contributed by atoms with Crippen LogP contribution in [0.3, 0.4) is 0 Å². The molecule has 0 saturated carbocycles. The molecule has 0 spiro atoms. The number of nitrogens with one attached hydrogen (secondary N) is 2. The zero-order valence-electron chi connectivity index (χ0n) is 11.8. The van der Waals surface area contributed by atoms with Crippen molar-refractivity contribution in [3.05, 3.63) is 45.1 Å². The Morgan fingerprint density at radius 2 is 1.81 bits per heavy atom. The van der Waals surface area contributed by atoms with Crippen LogP contribution in [0.4, 0.5) is 11.4 Å². The third kappa shape index (κ3) is 4.46. The minimum atomic E-state index is -3.22. The van der Waals surface area contributed by atoms with Gasteiger partial charge in [0.15, 0.2) is 0 Å². The molecular weight excluding hydrogens is 372 g/mol. The molecule has 7 heteroatoms. The SMILES string of the molecule is CCS(=O)(=O)Nc1ccc(NC(C)c2sccc2Br)cc1. The molecule has 0 fully saturated rings. The van der Waals surface area contributed by atoms with Gasteiger partial charge in [-0.25, -0.2) is 8.42 Å². The van der Waals surface area contributed by atoms with Crippen LogP contribution in [0.2, 0.25) is 0 Å². The Hall–Kier alpha value is -1.05. The van der Waals surface area contributed by atoms with Crippen LogP contribution in [0.5, 0.6) is 0 Å². The lowest BCUT2D eigenvalue weighted by atomic mass is 10.2. The average Bonchev–Trinajstić information content (AvgIpc) is 2.87. The highest BCUT2D eigenvalue weighted by Crippen LogP contribution is 2.31. The highest BCUT2D eigenvalue weighted by atomic mass is 79.9. The Balaban J connectivity index is 2.04. The van der Waals surface area contributed by atoms with Gasteiger partial charge in [-0.2, -0.15) is 0 Å². The van der Waals surface area contributed by atoms with Crippen molar-refractivity contribution in [1.82, 2.24) is 0 Å². The van der Waals surface area contributed by atoms with Crippen molar-refractivity contribution in [3.63, 3.8) is 0 Å². The summed E-state index contributed by atoms with van der Waals surface area (Å²) in [6, 6.07) is 9.45. The van der Waals surface area contributed by atoms with E-state index in [9.17, 15) is 8.42 Å². The third-order valence-corrected chi connectivity index (χ3v) is 6.32. The molecule has 1 unspecified atom stereocenters. The van der Waals surface area contributed by atoms with Crippen LogP contribution in [0, 0.1) is 0 Å². The van der Waals surface area contributed by atoms with E-state index in [1.165, 1.54) is 4.88 Å². The molecule has 0 aliphatic carbocycles. The molecule has 0 aliphatic rings. The third-order valence-electron chi connectivity index (χ3n) is 2.96. The summed E-state index contributed by atoms with van der Waals surface area (Å²) in [5.74, 6) is 0.0659. The van der Waals surface area contributed by atoms with Crippen LogP contribution in [0.15, 0.2) is 40.2 Å². The van der Waals surface area contributed by atoms with Gasteiger partial charge in [0.05, 0.1) is 11.8 Å². The van der Waals surface area contributed by atoms with E-state index < -0.39 is 10.0 Å². The van der Waals surface area contributed by atoms with Crippen molar-refractivity contribution in [3.8, 4) is 0 Å². The fourth-order valence-corrected chi connectivity index (χ4v) is 4.18. The molecule has 0 radical (unpaired) electrons. The smallest absolute Gasteiger partial charge is 0.232 e. The lowest BCUT2D eigenvalue weighted by molar-refractivity contribution is 0.602. The number of sulfonamides is 1. The number of anilines is 2.